The highest BCUT2D eigenvalue weighted by Crippen LogP contribution is 2.36. The van der Waals surface area contributed by atoms with Gasteiger partial charge in [-0.25, -0.2) is 0 Å². The first kappa shape index (κ1) is 15.7. The molecular formula is C11H10Cl2N4O3S. The number of benzene rings is 1. The molecule has 1 aromatic carbocycles. The number of halogens is 2. The fourth-order valence-corrected chi connectivity index (χ4v) is 2.47. The summed E-state index contributed by atoms with van der Waals surface area (Å²) in [6, 6.07) is 2.47. The van der Waals surface area contributed by atoms with E-state index in [0.717, 1.165) is 11.1 Å². The largest absolute Gasteiger partial charge is 0.480 e. The Kier molecular flexibility index (Phi) is 5.16. The predicted octanol–water partition coefficient (Wildman–Crippen LogP) is 3.76. The molecule has 2 aromatic rings. The molecule has 1 N–H and O–H groups in total. The summed E-state index contributed by atoms with van der Waals surface area (Å²) < 4.78 is 9.26. The number of hydrogen-bond acceptors (Lipinski definition) is 7. The van der Waals surface area contributed by atoms with E-state index in [9.17, 15) is 10.1 Å². The molecule has 0 atom stereocenters. The molecule has 10 heteroatoms. The van der Waals surface area contributed by atoms with E-state index in [0.29, 0.717) is 12.2 Å². The molecule has 7 nitrogen and oxygen atoms in total. The molecule has 0 fully saturated rings. The van der Waals surface area contributed by atoms with E-state index < -0.39 is 4.92 Å². The molecule has 0 aliphatic rings. The predicted molar refractivity (Wildman–Crippen MR) is 81.5 cm³/mol. The van der Waals surface area contributed by atoms with Crippen molar-refractivity contribution in [3.63, 3.8) is 0 Å². The minimum Gasteiger partial charge on any atom is -0.480 e. The highest BCUT2D eigenvalue weighted by Gasteiger charge is 2.19. The third-order valence-electron chi connectivity index (χ3n) is 2.46. The summed E-state index contributed by atoms with van der Waals surface area (Å²) >= 11 is 12.8. The Bertz CT molecular complexity index is 665. The summed E-state index contributed by atoms with van der Waals surface area (Å²) in [6.07, 6.45) is 0. The van der Waals surface area contributed by atoms with Crippen molar-refractivity contribution in [3.05, 3.63) is 38.0 Å². The zero-order valence-corrected chi connectivity index (χ0v) is 13.1. The van der Waals surface area contributed by atoms with Crippen LogP contribution in [0.1, 0.15) is 12.6 Å². The molecule has 0 saturated heterocycles. The minimum absolute atomic E-state index is 0.0323. The molecule has 112 valence electrons. The first-order chi connectivity index (χ1) is 10.0. The minimum atomic E-state index is -0.581. The molecule has 1 aromatic heterocycles. The van der Waals surface area contributed by atoms with Crippen LogP contribution in [0.4, 0.5) is 10.7 Å². The van der Waals surface area contributed by atoms with Crippen LogP contribution in [0.3, 0.4) is 0 Å². The number of ether oxygens (including phenoxy) is 1. The zero-order chi connectivity index (χ0) is 15.4. The van der Waals surface area contributed by atoms with Gasteiger partial charge in [-0.15, -0.1) is 5.10 Å². The number of nitro benzene ring substituents is 1. The van der Waals surface area contributed by atoms with Crippen LogP contribution in [-0.4, -0.2) is 21.1 Å². The van der Waals surface area contributed by atoms with E-state index in [1.54, 1.807) is 0 Å². The van der Waals surface area contributed by atoms with Gasteiger partial charge in [-0.2, -0.15) is 0 Å². The highest BCUT2D eigenvalue weighted by molar-refractivity contribution is 7.10. The lowest BCUT2D eigenvalue weighted by atomic mass is 10.3. The summed E-state index contributed by atoms with van der Waals surface area (Å²) in [5, 5.41) is 19.0. The fourth-order valence-electron chi connectivity index (χ4n) is 1.52. The summed E-state index contributed by atoms with van der Waals surface area (Å²) in [7, 11) is 0. The van der Waals surface area contributed by atoms with Crippen molar-refractivity contribution in [1.29, 1.82) is 0 Å². The second-order valence-corrected chi connectivity index (χ2v) is 5.43. The average Bonchev–Trinajstić information content (AvgIpc) is 2.87. The molecule has 0 saturated carbocycles. The molecule has 0 radical (unpaired) electrons. The number of rotatable bonds is 6. The number of aromatic nitrogens is 2. The van der Waals surface area contributed by atoms with E-state index in [2.05, 4.69) is 14.9 Å². The van der Waals surface area contributed by atoms with Gasteiger partial charge in [0.2, 0.25) is 0 Å². The maximum Gasteiger partial charge on any atom is 0.312 e. The average molecular weight is 349 g/mol. The number of anilines is 1. The van der Waals surface area contributed by atoms with Gasteiger partial charge >= 0.3 is 5.69 Å². The molecule has 21 heavy (non-hydrogen) atoms. The van der Waals surface area contributed by atoms with Gasteiger partial charge in [-0.3, -0.25) is 10.1 Å². The van der Waals surface area contributed by atoms with Crippen molar-refractivity contribution >= 4 is 45.4 Å². The van der Waals surface area contributed by atoms with E-state index >= 15 is 0 Å². The second-order valence-electron chi connectivity index (χ2n) is 3.86. The van der Waals surface area contributed by atoms with Gasteiger partial charge in [0.15, 0.2) is 5.75 Å². The highest BCUT2D eigenvalue weighted by atomic mass is 35.5. The first-order valence-electron chi connectivity index (χ1n) is 5.84. The van der Waals surface area contributed by atoms with Crippen LogP contribution in [0, 0.1) is 10.1 Å². The normalized spacial score (nSPS) is 10.4. The molecular weight excluding hydrogens is 339 g/mol. The molecule has 0 bridgehead atoms. The van der Waals surface area contributed by atoms with E-state index in [-0.39, 0.29) is 28.1 Å². The fraction of sp³-hybridized carbons (Fsp3) is 0.273. The second kappa shape index (κ2) is 6.88. The maximum absolute atomic E-state index is 11.0. The molecule has 0 aliphatic heterocycles. The Morgan fingerprint density at radius 1 is 1.43 bits per heavy atom. The van der Waals surface area contributed by atoms with Crippen LogP contribution >= 0.6 is 34.7 Å². The Morgan fingerprint density at radius 3 is 2.81 bits per heavy atom. The Balaban J connectivity index is 2.21. The Hall–Kier alpha value is -1.64. The molecule has 1 heterocycles. The van der Waals surface area contributed by atoms with Gasteiger partial charge < -0.3 is 10.1 Å². The zero-order valence-electron chi connectivity index (χ0n) is 10.8. The molecule has 0 unspecified atom stereocenters. The van der Waals surface area contributed by atoms with E-state index in [1.807, 2.05) is 6.92 Å². The van der Waals surface area contributed by atoms with Crippen molar-refractivity contribution in [3.8, 4) is 5.75 Å². The van der Waals surface area contributed by atoms with Crippen molar-refractivity contribution in [2.75, 3.05) is 11.9 Å². The third kappa shape index (κ3) is 3.72. The molecule has 0 spiro atoms. The SMILES string of the molecule is CCNc1snnc1COc1cc(Cl)c(Cl)cc1[N+](=O)[O-]. The lowest BCUT2D eigenvalue weighted by Crippen LogP contribution is -2.03. The van der Waals surface area contributed by atoms with Gasteiger partial charge in [-0.1, -0.05) is 27.7 Å². The Morgan fingerprint density at radius 2 is 2.14 bits per heavy atom. The number of nitrogens with zero attached hydrogens (tertiary/aromatic N) is 3. The lowest BCUT2D eigenvalue weighted by Gasteiger charge is -2.08. The van der Waals surface area contributed by atoms with Gasteiger partial charge in [0.1, 0.15) is 17.3 Å². The van der Waals surface area contributed by atoms with Crippen molar-refractivity contribution in [2.45, 2.75) is 13.5 Å². The van der Waals surface area contributed by atoms with E-state index in [1.165, 1.54) is 17.6 Å². The topological polar surface area (TPSA) is 90.2 Å². The molecule has 2 rings (SSSR count). The first-order valence-corrected chi connectivity index (χ1v) is 7.37. The van der Waals surface area contributed by atoms with Crippen LogP contribution in [0.5, 0.6) is 5.75 Å². The summed E-state index contributed by atoms with van der Waals surface area (Å²) in [5.41, 5.74) is 0.319. The van der Waals surface area contributed by atoms with Crippen LogP contribution < -0.4 is 10.1 Å². The standard InChI is InChI=1S/C11H10Cl2N4O3S/c1-2-14-11-8(15-16-21-11)5-20-10-4-7(13)6(12)3-9(10)17(18)19/h3-4,14H,2,5H2,1H3. The Labute approximate surface area is 134 Å². The molecule has 0 amide bonds. The van der Waals surface area contributed by atoms with Gasteiger partial charge in [0.25, 0.3) is 0 Å². The van der Waals surface area contributed by atoms with Gasteiger partial charge in [0.05, 0.1) is 15.0 Å². The number of nitro groups is 1. The smallest absolute Gasteiger partial charge is 0.312 e. The maximum atomic E-state index is 11.0. The summed E-state index contributed by atoms with van der Waals surface area (Å²) in [4.78, 5) is 10.4. The van der Waals surface area contributed by atoms with Gasteiger partial charge in [0, 0.05) is 30.2 Å². The van der Waals surface area contributed by atoms with Crippen molar-refractivity contribution in [1.82, 2.24) is 9.59 Å². The van der Waals surface area contributed by atoms with Crippen LogP contribution in [0.25, 0.3) is 0 Å². The van der Waals surface area contributed by atoms with Crippen LogP contribution in [0.15, 0.2) is 12.1 Å². The number of hydrogen-bond donors (Lipinski definition) is 1. The molecule has 0 aliphatic carbocycles. The summed E-state index contributed by atoms with van der Waals surface area (Å²) in [5.74, 6) is 0.0323. The van der Waals surface area contributed by atoms with Crippen molar-refractivity contribution in [2.24, 2.45) is 0 Å². The quantitative estimate of drug-likeness (QED) is 0.631. The number of nitrogens with one attached hydrogen (secondary N) is 1. The lowest BCUT2D eigenvalue weighted by molar-refractivity contribution is -0.385. The van der Waals surface area contributed by atoms with E-state index in [4.69, 9.17) is 27.9 Å². The van der Waals surface area contributed by atoms with Crippen LogP contribution in [-0.2, 0) is 6.61 Å². The van der Waals surface area contributed by atoms with Gasteiger partial charge in [-0.05, 0) is 6.92 Å². The van der Waals surface area contributed by atoms with Crippen LogP contribution in [0.2, 0.25) is 10.0 Å². The summed E-state index contributed by atoms with van der Waals surface area (Å²) in [6.45, 7) is 2.69. The monoisotopic (exact) mass is 348 g/mol. The van der Waals surface area contributed by atoms with Crippen molar-refractivity contribution < 1.29 is 9.66 Å². The third-order valence-corrected chi connectivity index (χ3v) is 3.90.